The maximum absolute atomic E-state index is 14.3. The lowest BCUT2D eigenvalue weighted by molar-refractivity contribution is 0.0858. The van der Waals surface area contributed by atoms with E-state index in [1.165, 1.54) is 16.4 Å². The van der Waals surface area contributed by atoms with Gasteiger partial charge in [0.05, 0.1) is 6.54 Å². The highest BCUT2D eigenvalue weighted by atomic mass is 35.5. The molecule has 232 valence electrons. The van der Waals surface area contributed by atoms with Crippen molar-refractivity contribution in [1.29, 1.82) is 0 Å². The summed E-state index contributed by atoms with van der Waals surface area (Å²) in [6.07, 6.45) is 6.71. The summed E-state index contributed by atoms with van der Waals surface area (Å²) in [5, 5.41) is 8.28. The van der Waals surface area contributed by atoms with Crippen molar-refractivity contribution in [3.63, 3.8) is 0 Å². The maximum Gasteiger partial charge on any atom is 0.260 e. The lowest BCUT2D eigenvalue weighted by Gasteiger charge is -2.22. The molecule has 0 saturated carbocycles. The van der Waals surface area contributed by atoms with E-state index < -0.39 is 0 Å². The molecule has 2 fully saturated rings. The average Bonchev–Trinajstić information content (AvgIpc) is 3.75. The van der Waals surface area contributed by atoms with Crippen molar-refractivity contribution in [2.45, 2.75) is 44.7 Å². The number of nitrogens with one attached hydrogen (secondary N) is 2. The first-order valence-corrected chi connectivity index (χ1v) is 16.6. The van der Waals surface area contributed by atoms with Crippen molar-refractivity contribution in [1.82, 2.24) is 24.2 Å². The molecule has 0 radical (unpaired) electrons. The van der Waals surface area contributed by atoms with Gasteiger partial charge in [0, 0.05) is 88.6 Å². The van der Waals surface area contributed by atoms with Gasteiger partial charge in [-0.2, -0.15) is 4.98 Å². The monoisotopic (exact) mass is 641 g/mol. The third kappa shape index (κ3) is 6.20. The highest BCUT2D eigenvalue weighted by Gasteiger charge is 2.23. The fraction of sp³-hybridized carbons (Fsp3) is 0.353. The second-order valence-corrected chi connectivity index (χ2v) is 13.2. The Balaban J connectivity index is 1.28. The van der Waals surface area contributed by atoms with Crippen LogP contribution in [-0.4, -0.2) is 58.3 Å². The van der Waals surface area contributed by atoms with Crippen molar-refractivity contribution in [3.8, 4) is 11.1 Å². The van der Waals surface area contributed by atoms with Crippen LogP contribution in [0, 0.1) is 6.92 Å². The van der Waals surface area contributed by atoms with Gasteiger partial charge in [-0.1, -0.05) is 23.7 Å². The lowest BCUT2D eigenvalue weighted by Crippen LogP contribution is -2.25. The zero-order valence-corrected chi connectivity index (χ0v) is 27.0. The van der Waals surface area contributed by atoms with Crippen LogP contribution in [0.4, 0.5) is 17.3 Å². The van der Waals surface area contributed by atoms with Gasteiger partial charge >= 0.3 is 0 Å². The zero-order chi connectivity index (χ0) is 30.9. The Morgan fingerprint density at radius 3 is 2.67 bits per heavy atom. The molecule has 11 heteroatoms. The van der Waals surface area contributed by atoms with E-state index in [9.17, 15) is 4.79 Å². The fourth-order valence-corrected chi connectivity index (χ4v) is 7.50. The molecule has 0 amide bonds. The average molecular weight is 642 g/mol. The van der Waals surface area contributed by atoms with Crippen LogP contribution in [0.3, 0.4) is 0 Å². The van der Waals surface area contributed by atoms with E-state index in [2.05, 4.69) is 39.3 Å². The van der Waals surface area contributed by atoms with Gasteiger partial charge in [0.15, 0.2) is 0 Å². The van der Waals surface area contributed by atoms with E-state index in [4.69, 9.17) is 26.3 Å². The fourth-order valence-electron chi connectivity index (χ4n) is 6.25. The van der Waals surface area contributed by atoms with Crippen LogP contribution >= 0.6 is 23.1 Å². The van der Waals surface area contributed by atoms with Crippen LogP contribution < -0.4 is 21.1 Å². The first kappa shape index (κ1) is 29.9. The maximum atomic E-state index is 14.3. The van der Waals surface area contributed by atoms with Gasteiger partial charge in [-0.15, -0.1) is 0 Å². The number of hydrogen-bond acceptors (Lipinski definition) is 9. The molecule has 1 unspecified atom stereocenters. The number of pyridine rings is 1. The molecule has 0 aliphatic carbocycles. The minimum atomic E-state index is -0.151. The third-order valence-electron chi connectivity index (χ3n) is 8.81. The van der Waals surface area contributed by atoms with E-state index in [1.54, 1.807) is 10.8 Å². The molecular weight excluding hydrogens is 606 g/mol. The van der Waals surface area contributed by atoms with Crippen LogP contribution in [0.15, 0.2) is 65.7 Å². The molecule has 2 N–H and O–H groups in total. The Morgan fingerprint density at radius 2 is 1.91 bits per heavy atom. The summed E-state index contributed by atoms with van der Waals surface area (Å²) in [5.41, 5.74) is 5.74. The smallest absolute Gasteiger partial charge is 0.260 e. The summed E-state index contributed by atoms with van der Waals surface area (Å²) >= 11 is 8.20. The quantitative estimate of drug-likeness (QED) is 0.202. The first-order chi connectivity index (χ1) is 21.9. The SMILES string of the molecule is Cc1ccc(-c2cc3cnc(N(C)c4ccc(NC5CCNC5)cc4)nc3n(Cc3cnsc3C3CCOCC3)c2=O)c(Cl)c1. The zero-order valence-electron chi connectivity index (χ0n) is 25.4. The van der Waals surface area contributed by atoms with Crippen molar-refractivity contribution in [3.05, 3.63) is 92.3 Å². The molecule has 0 bridgehead atoms. The summed E-state index contributed by atoms with van der Waals surface area (Å²) < 4.78 is 11.9. The predicted molar refractivity (Wildman–Crippen MR) is 182 cm³/mol. The van der Waals surface area contributed by atoms with Crippen molar-refractivity contribution in [2.24, 2.45) is 0 Å². The Labute approximate surface area is 271 Å². The van der Waals surface area contributed by atoms with Crippen LogP contribution in [0.1, 0.15) is 41.2 Å². The minimum Gasteiger partial charge on any atom is -0.381 e. The van der Waals surface area contributed by atoms with E-state index >= 15 is 0 Å². The van der Waals surface area contributed by atoms with Gasteiger partial charge in [-0.05, 0) is 92.1 Å². The van der Waals surface area contributed by atoms with E-state index in [-0.39, 0.29) is 5.56 Å². The topological polar surface area (TPSA) is 97.2 Å². The van der Waals surface area contributed by atoms with Gasteiger partial charge in [-0.3, -0.25) is 9.36 Å². The summed E-state index contributed by atoms with van der Waals surface area (Å²) in [7, 11) is 1.94. The highest BCUT2D eigenvalue weighted by Crippen LogP contribution is 2.34. The third-order valence-corrected chi connectivity index (χ3v) is 10.1. The van der Waals surface area contributed by atoms with Crippen molar-refractivity contribution < 1.29 is 4.74 Å². The van der Waals surface area contributed by atoms with Gasteiger partial charge < -0.3 is 20.3 Å². The summed E-state index contributed by atoms with van der Waals surface area (Å²) in [6, 6.07) is 16.4. The van der Waals surface area contributed by atoms with Gasteiger partial charge in [0.1, 0.15) is 5.65 Å². The van der Waals surface area contributed by atoms with Crippen molar-refractivity contribution >= 4 is 51.5 Å². The highest BCUT2D eigenvalue weighted by molar-refractivity contribution is 7.06. The van der Waals surface area contributed by atoms with Crippen molar-refractivity contribution in [2.75, 3.05) is 43.6 Å². The molecule has 5 heterocycles. The number of ether oxygens (including phenoxy) is 1. The normalized spacial score (nSPS) is 17.2. The number of hydrogen-bond donors (Lipinski definition) is 2. The molecule has 9 nitrogen and oxygen atoms in total. The number of aryl methyl sites for hydroxylation is 1. The van der Waals surface area contributed by atoms with Gasteiger partial charge in [0.25, 0.3) is 5.56 Å². The van der Waals surface area contributed by atoms with E-state index in [0.29, 0.717) is 46.2 Å². The largest absolute Gasteiger partial charge is 0.381 e. The van der Waals surface area contributed by atoms with Crippen LogP contribution in [0.25, 0.3) is 22.2 Å². The number of aromatic nitrogens is 4. The second kappa shape index (κ2) is 12.9. The van der Waals surface area contributed by atoms with Gasteiger partial charge in [0.2, 0.25) is 5.95 Å². The molecule has 7 rings (SSSR count). The molecule has 2 aliphatic rings. The molecule has 2 aliphatic heterocycles. The Kier molecular flexibility index (Phi) is 8.55. The molecule has 1 atom stereocenters. The Bertz CT molecular complexity index is 1880. The predicted octanol–water partition coefficient (Wildman–Crippen LogP) is 6.36. The van der Waals surface area contributed by atoms with Crippen LogP contribution in [-0.2, 0) is 11.3 Å². The number of anilines is 3. The number of fused-ring (bicyclic) bond motifs is 1. The van der Waals surface area contributed by atoms with Gasteiger partial charge in [-0.25, -0.2) is 9.36 Å². The van der Waals surface area contributed by atoms with E-state index in [0.717, 1.165) is 73.5 Å². The Hall–Kier alpha value is -3.83. The minimum absolute atomic E-state index is 0.151. The number of rotatable bonds is 8. The molecular formula is C34H36ClN7O2S. The standard InChI is InChI=1S/C34H36ClN7O2S/c1-21-3-8-28(30(35)15-21)29-16-23-17-37-34(41(2)27-6-4-25(5-7-27)39-26-9-12-36-19-26)40-32(23)42(33(29)43)20-24-18-38-45-31(24)22-10-13-44-14-11-22/h3-8,15-18,22,26,36,39H,9-14,19-20H2,1-2H3. The summed E-state index contributed by atoms with van der Waals surface area (Å²) in [5.74, 6) is 0.877. The molecule has 45 heavy (non-hydrogen) atoms. The molecule has 5 aromatic rings. The molecule has 2 aromatic carbocycles. The second-order valence-electron chi connectivity index (χ2n) is 11.9. The lowest BCUT2D eigenvalue weighted by atomic mass is 9.96. The van der Waals surface area contributed by atoms with Crippen LogP contribution in [0.2, 0.25) is 5.02 Å². The number of nitrogens with zero attached hydrogens (tertiary/aromatic N) is 5. The molecule has 3 aromatic heterocycles. The number of halogens is 1. The summed E-state index contributed by atoms with van der Waals surface area (Å²) in [4.78, 5) is 27.2. The number of benzene rings is 2. The summed E-state index contributed by atoms with van der Waals surface area (Å²) in [6.45, 7) is 5.84. The molecule has 2 saturated heterocycles. The molecule has 0 spiro atoms. The van der Waals surface area contributed by atoms with E-state index in [1.807, 2.05) is 49.3 Å². The Morgan fingerprint density at radius 1 is 1.09 bits per heavy atom. The first-order valence-electron chi connectivity index (χ1n) is 15.4. The van der Waals surface area contributed by atoms with Crippen LogP contribution in [0.5, 0.6) is 0 Å².